The topological polar surface area (TPSA) is 25.4 Å². The highest BCUT2D eigenvalue weighted by molar-refractivity contribution is 5.93. The second kappa shape index (κ2) is 5.70. The normalized spacial score (nSPS) is 16.2. The van der Waals surface area contributed by atoms with Gasteiger partial charge in [0.1, 0.15) is 5.75 Å². The molecule has 1 saturated heterocycles. The summed E-state index contributed by atoms with van der Waals surface area (Å²) < 4.78 is 5.37. The monoisotopic (exact) mass is 270 g/mol. The molecular weight excluding hydrogens is 248 g/mol. The third-order valence-corrected chi connectivity index (χ3v) is 4.07. The number of methoxy groups -OCH3 is 1. The SMILES string of the molecule is COc1ccc2nc(C)cc(N3CCCCCC3)c2c1. The van der Waals surface area contributed by atoms with Gasteiger partial charge < -0.3 is 9.64 Å². The number of aromatic nitrogens is 1. The van der Waals surface area contributed by atoms with Crippen LogP contribution in [0.5, 0.6) is 5.75 Å². The van der Waals surface area contributed by atoms with Crippen LogP contribution in [0.4, 0.5) is 5.69 Å². The number of benzene rings is 1. The highest BCUT2D eigenvalue weighted by atomic mass is 16.5. The zero-order valence-electron chi connectivity index (χ0n) is 12.4. The lowest BCUT2D eigenvalue weighted by atomic mass is 10.1. The summed E-state index contributed by atoms with van der Waals surface area (Å²) >= 11 is 0. The fourth-order valence-corrected chi connectivity index (χ4v) is 3.02. The highest BCUT2D eigenvalue weighted by Gasteiger charge is 2.14. The minimum Gasteiger partial charge on any atom is -0.497 e. The molecule has 0 bridgehead atoms. The number of rotatable bonds is 2. The maximum Gasteiger partial charge on any atom is 0.119 e. The summed E-state index contributed by atoms with van der Waals surface area (Å²) in [6, 6.07) is 8.37. The van der Waals surface area contributed by atoms with E-state index in [4.69, 9.17) is 4.74 Å². The van der Waals surface area contributed by atoms with Crippen molar-refractivity contribution in [2.45, 2.75) is 32.6 Å². The average Bonchev–Trinajstić information content (AvgIpc) is 2.75. The standard InChI is InChI=1S/C17H22N2O/c1-13-11-17(19-9-5-3-4-6-10-19)15-12-14(20-2)7-8-16(15)18-13/h7-8,11-12H,3-6,9-10H2,1-2H3. The van der Waals surface area contributed by atoms with Crippen LogP contribution in [-0.2, 0) is 0 Å². The minimum atomic E-state index is 0.902. The first-order valence-electron chi connectivity index (χ1n) is 7.48. The molecule has 3 heteroatoms. The van der Waals surface area contributed by atoms with Gasteiger partial charge in [-0.2, -0.15) is 0 Å². The van der Waals surface area contributed by atoms with Gasteiger partial charge in [0.15, 0.2) is 0 Å². The molecule has 1 aliphatic heterocycles. The Balaban J connectivity index is 2.11. The van der Waals surface area contributed by atoms with E-state index in [2.05, 4.69) is 35.0 Å². The molecule has 2 heterocycles. The third-order valence-electron chi connectivity index (χ3n) is 4.07. The number of aryl methyl sites for hydroxylation is 1. The lowest BCUT2D eigenvalue weighted by molar-refractivity contribution is 0.415. The predicted molar refractivity (Wildman–Crippen MR) is 83.7 cm³/mol. The van der Waals surface area contributed by atoms with Crippen molar-refractivity contribution in [1.29, 1.82) is 0 Å². The number of nitrogens with zero attached hydrogens (tertiary/aromatic N) is 2. The molecule has 0 radical (unpaired) electrons. The summed E-state index contributed by atoms with van der Waals surface area (Å²) in [5.74, 6) is 0.902. The van der Waals surface area contributed by atoms with Gasteiger partial charge >= 0.3 is 0 Å². The van der Waals surface area contributed by atoms with Gasteiger partial charge in [-0.3, -0.25) is 4.98 Å². The maximum absolute atomic E-state index is 5.37. The largest absolute Gasteiger partial charge is 0.497 e. The van der Waals surface area contributed by atoms with Gasteiger partial charge in [0.05, 0.1) is 12.6 Å². The first kappa shape index (κ1) is 13.2. The number of ether oxygens (including phenoxy) is 1. The van der Waals surface area contributed by atoms with Gasteiger partial charge in [-0.05, 0) is 44.0 Å². The average molecular weight is 270 g/mol. The molecule has 1 aromatic heterocycles. The zero-order valence-corrected chi connectivity index (χ0v) is 12.4. The van der Waals surface area contributed by atoms with Crippen LogP contribution in [0, 0.1) is 6.92 Å². The molecule has 1 aromatic carbocycles. The fraction of sp³-hybridized carbons (Fsp3) is 0.471. The Kier molecular flexibility index (Phi) is 3.77. The molecule has 0 aliphatic carbocycles. The summed E-state index contributed by atoms with van der Waals surface area (Å²) in [6.45, 7) is 4.37. The number of fused-ring (bicyclic) bond motifs is 1. The zero-order chi connectivity index (χ0) is 13.9. The molecule has 20 heavy (non-hydrogen) atoms. The first-order valence-corrected chi connectivity index (χ1v) is 7.48. The second-order valence-corrected chi connectivity index (χ2v) is 5.57. The van der Waals surface area contributed by atoms with Crippen LogP contribution in [0.3, 0.4) is 0 Å². The van der Waals surface area contributed by atoms with Crippen LogP contribution in [0.1, 0.15) is 31.4 Å². The molecule has 106 valence electrons. The maximum atomic E-state index is 5.37. The van der Waals surface area contributed by atoms with Crippen molar-refractivity contribution in [3.8, 4) is 5.75 Å². The molecule has 0 saturated carbocycles. The molecule has 2 aromatic rings. The van der Waals surface area contributed by atoms with Gasteiger partial charge in [-0.1, -0.05) is 12.8 Å². The van der Waals surface area contributed by atoms with Crippen LogP contribution in [0.25, 0.3) is 10.9 Å². The van der Waals surface area contributed by atoms with Crippen molar-refractivity contribution in [2.24, 2.45) is 0 Å². The molecule has 0 unspecified atom stereocenters. The molecule has 0 atom stereocenters. The Morgan fingerprint density at radius 2 is 1.80 bits per heavy atom. The molecule has 1 aliphatic rings. The van der Waals surface area contributed by atoms with Crippen molar-refractivity contribution in [2.75, 3.05) is 25.1 Å². The first-order chi connectivity index (χ1) is 9.78. The molecule has 1 fully saturated rings. The molecule has 0 amide bonds. The summed E-state index contributed by atoms with van der Waals surface area (Å²) in [4.78, 5) is 7.17. The van der Waals surface area contributed by atoms with Gasteiger partial charge in [0.25, 0.3) is 0 Å². The van der Waals surface area contributed by atoms with Crippen molar-refractivity contribution in [3.05, 3.63) is 30.0 Å². The van der Waals surface area contributed by atoms with E-state index in [0.717, 1.165) is 30.0 Å². The summed E-state index contributed by atoms with van der Waals surface area (Å²) in [7, 11) is 1.72. The van der Waals surface area contributed by atoms with Gasteiger partial charge in [-0.25, -0.2) is 0 Å². The predicted octanol–water partition coefficient (Wildman–Crippen LogP) is 3.93. The van der Waals surface area contributed by atoms with Crippen molar-refractivity contribution in [1.82, 2.24) is 4.98 Å². The summed E-state index contributed by atoms with van der Waals surface area (Å²) in [5.41, 5.74) is 3.46. The van der Waals surface area contributed by atoms with Gasteiger partial charge in [0, 0.05) is 29.9 Å². The minimum absolute atomic E-state index is 0.902. The number of hydrogen-bond acceptors (Lipinski definition) is 3. The quantitative estimate of drug-likeness (QED) is 0.826. The van der Waals surface area contributed by atoms with E-state index in [1.165, 1.54) is 36.8 Å². The van der Waals surface area contributed by atoms with E-state index in [0.29, 0.717) is 0 Å². The summed E-state index contributed by atoms with van der Waals surface area (Å²) in [5, 5.41) is 1.21. The number of hydrogen-bond donors (Lipinski definition) is 0. The van der Waals surface area contributed by atoms with Crippen LogP contribution < -0.4 is 9.64 Å². The lowest BCUT2D eigenvalue weighted by Crippen LogP contribution is -2.24. The van der Waals surface area contributed by atoms with Crippen LogP contribution in [-0.4, -0.2) is 25.2 Å². The molecule has 0 N–H and O–H groups in total. The van der Waals surface area contributed by atoms with Gasteiger partial charge in [-0.15, -0.1) is 0 Å². The third kappa shape index (κ3) is 2.58. The molecule has 0 spiro atoms. The van der Waals surface area contributed by atoms with Crippen LogP contribution >= 0.6 is 0 Å². The van der Waals surface area contributed by atoms with Crippen LogP contribution in [0.2, 0.25) is 0 Å². The Hall–Kier alpha value is -1.77. The Labute approximate surface area is 120 Å². The second-order valence-electron chi connectivity index (χ2n) is 5.57. The fourth-order valence-electron chi connectivity index (χ4n) is 3.02. The van der Waals surface area contributed by atoms with Crippen molar-refractivity contribution < 1.29 is 4.74 Å². The van der Waals surface area contributed by atoms with E-state index in [1.54, 1.807) is 7.11 Å². The Bertz CT molecular complexity index is 601. The van der Waals surface area contributed by atoms with E-state index >= 15 is 0 Å². The van der Waals surface area contributed by atoms with E-state index < -0.39 is 0 Å². The van der Waals surface area contributed by atoms with E-state index in [9.17, 15) is 0 Å². The lowest BCUT2D eigenvalue weighted by Gasteiger charge is -2.24. The van der Waals surface area contributed by atoms with E-state index in [-0.39, 0.29) is 0 Å². The highest BCUT2D eigenvalue weighted by Crippen LogP contribution is 2.31. The van der Waals surface area contributed by atoms with E-state index in [1.807, 2.05) is 6.07 Å². The van der Waals surface area contributed by atoms with Crippen molar-refractivity contribution >= 4 is 16.6 Å². The van der Waals surface area contributed by atoms with Crippen molar-refractivity contribution in [3.63, 3.8) is 0 Å². The molecule has 3 nitrogen and oxygen atoms in total. The molecular formula is C17H22N2O. The Morgan fingerprint density at radius 1 is 1.05 bits per heavy atom. The number of pyridine rings is 1. The molecule has 3 rings (SSSR count). The smallest absolute Gasteiger partial charge is 0.119 e. The number of anilines is 1. The van der Waals surface area contributed by atoms with Gasteiger partial charge in [0.2, 0.25) is 0 Å². The summed E-state index contributed by atoms with van der Waals surface area (Å²) in [6.07, 6.45) is 5.27. The Morgan fingerprint density at radius 3 is 2.50 bits per heavy atom. The van der Waals surface area contributed by atoms with Crippen LogP contribution in [0.15, 0.2) is 24.3 Å².